The monoisotopic (exact) mass is 393 g/mol. The summed E-state index contributed by atoms with van der Waals surface area (Å²) in [6.07, 6.45) is 0.899. The minimum atomic E-state index is -0.188. The lowest BCUT2D eigenvalue weighted by molar-refractivity contribution is 0.100. The van der Waals surface area contributed by atoms with Crippen LogP contribution in [-0.2, 0) is 19.5 Å². The zero-order valence-electron chi connectivity index (χ0n) is 15.8. The predicted molar refractivity (Wildman–Crippen MR) is 109 cm³/mol. The van der Waals surface area contributed by atoms with E-state index in [1.165, 1.54) is 9.75 Å². The molecule has 28 heavy (non-hydrogen) atoms. The van der Waals surface area contributed by atoms with Gasteiger partial charge >= 0.3 is 0 Å². The van der Waals surface area contributed by atoms with Gasteiger partial charge in [-0.05, 0) is 43.0 Å². The standard InChI is InChI=1S/C21H23N5OS/c1-14-7-8-18(28-14)13-25-10-15-9-19-23-24-20(26(19)12-16(15)11-25)21(27)22-17-5-3-2-4-6-17/h2-8,15-16H,9-13H2,1H3,(H,22,27)/t15-,16-/m1/s1. The summed E-state index contributed by atoms with van der Waals surface area (Å²) in [6, 6.07) is 13.9. The number of para-hydroxylation sites is 1. The topological polar surface area (TPSA) is 63.1 Å². The van der Waals surface area contributed by atoms with Gasteiger partial charge in [0.2, 0.25) is 5.82 Å². The molecule has 0 saturated carbocycles. The Kier molecular flexibility index (Phi) is 4.49. The molecule has 0 spiro atoms. The molecule has 0 aliphatic carbocycles. The molecule has 7 heteroatoms. The number of rotatable bonds is 4. The fourth-order valence-electron chi connectivity index (χ4n) is 4.42. The van der Waals surface area contributed by atoms with Crippen molar-refractivity contribution in [3.05, 3.63) is 63.9 Å². The second kappa shape index (κ2) is 7.14. The van der Waals surface area contributed by atoms with Gasteiger partial charge in [-0.25, -0.2) is 0 Å². The minimum Gasteiger partial charge on any atom is -0.319 e. The van der Waals surface area contributed by atoms with Gasteiger partial charge in [-0.3, -0.25) is 9.69 Å². The number of carbonyl (C=O) groups excluding carboxylic acids is 1. The van der Waals surface area contributed by atoms with E-state index in [2.05, 4.69) is 39.5 Å². The average Bonchev–Trinajstić information content (AvgIpc) is 3.38. The van der Waals surface area contributed by atoms with Gasteiger partial charge in [0, 0.05) is 48.0 Å². The molecule has 1 N–H and O–H groups in total. The number of nitrogens with zero attached hydrogens (tertiary/aromatic N) is 4. The molecule has 0 bridgehead atoms. The molecule has 2 atom stereocenters. The fraction of sp³-hybridized carbons (Fsp3) is 0.381. The maximum Gasteiger partial charge on any atom is 0.293 e. The van der Waals surface area contributed by atoms with E-state index in [1.807, 2.05) is 46.2 Å². The normalized spacial score (nSPS) is 21.3. The molecule has 1 fully saturated rings. The van der Waals surface area contributed by atoms with E-state index in [1.54, 1.807) is 0 Å². The Morgan fingerprint density at radius 1 is 1.11 bits per heavy atom. The predicted octanol–water partition coefficient (Wildman–Crippen LogP) is 3.20. The van der Waals surface area contributed by atoms with Crippen LogP contribution in [0.4, 0.5) is 5.69 Å². The highest BCUT2D eigenvalue weighted by atomic mass is 32.1. The quantitative estimate of drug-likeness (QED) is 0.739. The van der Waals surface area contributed by atoms with Crippen molar-refractivity contribution in [2.45, 2.75) is 26.4 Å². The number of thiophene rings is 1. The summed E-state index contributed by atoms with van der Waals surface area (Å²) in [5, 5.41) is 11.5. The highest BCUT2D eigenvalue weighted by Crippen LogP contribution is 2.34. The number of anilines is 1. The zero-order chi connectivity index (χ0) is 19.1. The van der Waals surface area contributed by atoms with Crippen LogP contribution >= 0.6 is 11.3 Å². The minimum absolute atomic E-state index is 0.188. The van der Waals surface area contributed by atoms with Crippen molar-refractivity contribution in [1.82, 2.24) is 19.7 Å². The van der Waals surface area contributed by atoms with Gasteiger partial charge < -0.3 is 9.88 Å². The number of carbonyl (C=O) groups is 1. The van der Waals surface area contributed by atoms with Crippen LogP contribution in [0.15, 0.2) is 42.5 Å². The molecule has 2 aliphatic rings. The highest BCUT2D eigenvalue weighted by Gasteiger charge is 2.39. The summed E-state index contributed by atoms with van der Waals surface area (Å²) in [5.41, 5.74) is 0.775. The Morgan fingerprint density at radius 3 is 2.71 bits per heavy atom. The van der Waals surface area contributed by atoms with E-state index in [0.717, 1.165) is 44.1 Å². The average molecular weight is 394 g/mol. The van der Waals surface area contributed by atoms with Gasteiger partial charge in [-0.2, -0.15) is 0 Å². The summed E-state index contributed by atoms with van der Waals surface area (Å²) in [7, 11) is 0. The van der Waals surface area contributed by atoms with Crippen LogP contribution in [0.25, 0.3) is 0 Å². The summed E-state index contributed by atoms with van der Waals surface area (Å²) in [4.78, 5) is 18.0. The molecule has 0 unspecified atom stereocenters. The fourth-order valence-corrected chi connectivity index (χ4v) is 5.35. The first-order valence-electron chi connectivity index (χ1n) is 9.72. The van der Waals surface area contributed by atoms with Crippen molar-refractivity contribution >= 4 is 22.9 Å². The van der Waals surface area contributed by atoms with Crippen LogP contribution in [-0.4, -0.2) is 38.7 Å². The van der Waals surface area contributed by atoms with Gasteiger partial charge in [-0.15, -0.1) is 21.5 Å². The summed E-state index contributed by atoms with van der Waals surface area (Å²) < 4.78 is 2.03. The number of aromatic nitrogens is 3. The molecule has 3 aromatic rings. The molecule has 0 radical (unpaired) electrons. The molecule has 6 nitrogen and oxygen atoms in total. The lowest BCUT2D eigenvalue weighted by Gasteiger charge is -2.25. The Bertz CT molecular complexity index is 995. The summed E-state index contributed by atoms with van der Waals surface area (Å²) >= 11 is 1.88. The van der Waals surface area contributed by atoms with Crippen LogP contribution in [0.3, 0.4) is 0 Å². The molecule has 1 saturated heterocycles. The molecular formula is C21H23N5OS. The largest absolute Gasteiger partial charge is 0.319 e. The van der Waals surface area contributed by atoms with Crippen LogP contribution in [0.2, 0.25) is 0 Å². The smallest absolute Gasteiger partial charge is 0.293 e. The molecule has 5 rings (SSSR count). The lowest BCUT2D eigenvalue weighted by atomic mass is 9.89. The third kappa shape index (κ3) is 3.36. The molecular weight excluding hydrogens is 370 g/mol. The van der Waals surface area contributed by atoms with Gasteiger partial charge in [0.15, 0.2) is 0 Å². The van der Waals surface area contributed by atoms with Crippen LogP contribution in [0.5, 0.6) is 0 Å². The zero-order valence-corrected chi connectivity index (χ0v) is 16.7. The summed E-state index contributed by atoms with van der Waals surface area (Å²) in [6.45, 7) is 6.17. The number of likely N-dealkylation sites (tertiary alicyclic amines) is 1. The van der Waals surface area contributed by atoms with Gasteiger partial charge in [-0.1, -0.05) is 18.2 Å². The molecule has 1 amide bonds. The molecule has 2 aromatic heterocycles. The third-order valence-electron chi connectivity index (χ3n) is 5.75. The van der Waals surface area contributed by atoms with E-state index in [-0.39, 0.29) is 5.91 Å². The maximum atomic E-state index is 12.7. The second-order valence-corrected chi connectivity index (χ2v) is 9.17. The number of fused-ring (bicyclic) bond motifs is 2. The van der Waals surface area contributed by atoms with E-state index < -0.39 is 0 Å². The SMILES string of the molecule is Cc1ccc(CN2C[C@H]3Cc4nnc(C(=O)Nc5ccccc5)n4C[C@H]3C2)s1. The van der Waals surface area contributed by atoms with Crippen LogP contribution in [0.1, 0.15) is 26.2 Å². The first-order chi connectivity index (χ1) is 13.7. The van der Waals surface area contributed by atoms with E-state index >= 15 is 0 Å². The number of benzene rings is 1. The maximum absolute atomic E-state index is 12.7. The Morgan fingerprint density at radius 2 is 1.93 bits per heavy atom. The number of nitrogens with one attached hydrogen (secondary N) is 1. The number of amides is 1. The molecule has 1 aromatic carbocycles. The van der Waals surface area contributed by atoms with Gasteiger partial charge in [0.05, 0.1) is 0 Å². The number of hydrogen-bond donors (Lipinski definition) is 1. The van der Waals surface area contributed by atoms with Crippen molar-refractivity contribution < 1.29 is 4.79 Å². The van der Waals surface area contributed by atoms with Crippen LogP contribution in [0, 0.1) is 18.8 Å². The first kappa shape index (κ1) is 17.6. The van der Waals surface area contributed by atoms with Crippen molar-refractivity contribution in [2.75, 3.05) is 18.4 Å². The Balaban J connectivity index is 1.28. The van der Waals surface area contributed by atoms with Crippen molar-refractivity contribution in [1.29, 1.82) is 0 Å². The Labute approximate surface area is 168 Å². The highest BCUT2D eigenvalue weighted by molar-refractivity contribution is 7.11. The second-order valence-electron chi connectivity index (χ2n) is 7.80. The van der Waals surface area contributed by atoms with Crippen molar-refractivity contribution in [3.8, 4) is 0 Å². The summed E-state index contributed by atoms with van der Waals surface area (Å²) in [5.74, 6) is 2.32. The Hall–Kier alpha value is -2.51. The van der Waals surface area contributed by atoms with Crippen molar-refractivity contribution in [2.24, 2.45) is 11.8 Å². The van der Waals surface area contributed by atoms with Crippen molar-refractivity contribution in [3.63, 3.8) is 0 Å². The third-order valence-corrected chi connectivity index (χ3v) is 6.74. The van der Waals surface area contributed by atoms with E-state index in [4.69, 9.17) is 0 Å². The first-order valence-corrected chi connectivity index (χ1v) is 10.5. The molecule has 4 heterocycles. The lowest BCUT2D eigenvalue weighted by Crippen LogP contribution is -2.31. The van der Waals surface area contributed by atoms with Crippen LogP contribution < -0.4 is 5.32 Å². The number of hydrogen-bond acceptors (Lipinski definition) is 5. The number of aryl methyl sites for hydroxylation is 1. The molecule has 144 valence electrons. The van der Waals surface area contributed by atoms with E-state index in [0.29, 0.717) is 17.7 Å². The van der Waals surface area contributed by atoms with Gasteiger partial charge in [0.1, 0.15) is 5.82 Å². The molecule has 2 aliphatic heterocycles. The van der Waals surface area contributed by atoms with E-state index in [9.17, 15) is 4.79 Å². The van der Waals surface area contributed by atoms with Gasteiger partial charge in [0.25, 0.3) is 5.91 Å².